The highest BCUT2D eigenvalue weighted by Gasteiger charge is 2.61. The lowest BCUT2D eigenvalue weighted by Gasteiger charge is -2.38. The fraction of sp³-hybridized carbons (Fsp3) is 0.696. The maximum Gasteiger partial charge on any atom is 0.332 e. The van der Waals surface area contributed by atoms with Crippen LogP contribution in [0.2, 0.25) is 0 Å². The molecule has 0 radical (unpaired) electrons. The van der Waals surface area contributed by atoms with Gasteiger partial charge in [-0.2, -0.15) is 0 Å². The molecule has 2 fully saturated rings. The van der Waals surface area contributed by atoms with Crippen LogP contribution in [-0.4, -0.2) is 35.1 Å². The zero-order valence-corrected chi connectivity index (χ0v) is 16.1. The van der Waals surface area contributed by atoms with Crippen molar-refractivity contribution in [2.24, 2.45) is 0 Å². The third-order valence-electron chi connectivity index (χ3n) is 6.55. The van der Waals surface area contributed by atoms with Gasteiger partial charge in [-0.3, -0.25) is 4.90 Å². The van der Waals surface area contributed by atoms with Crippen LogP contribution in [0.15, 0.2) is 23.3 Å². The van der Waals surface area contributed by atoms with Crippen LogP contribution in [0.1, 0.15) is 77.6 Å². The van der Waals surface area contributed by atoms with E-state index in [0.29, 0.717) is 12.1 Å². The highest BCUT2D eigenvalue weighted by molar-refractivity contribution is 5.90. The second kappa shape index (κ2) is 7.61. The molecular weight excluding hydrogens is 322 g/mol. The predicted octanol–water partition coefficient (Wildman–Crippen LogP) is 4.53. The molecule has 26 heavy (non-hydrogen) atoms. The molecule has 3 aliphatic heterocycles. The quantitative estimate of drug-likeness (QED) is 0.399. The summed E-state index contributed by atoms with van der Waals surface area (Å²) < 4.78 is 5.94. The maximum absolute atomic E-state index is 12.1. The van der Waals surface area contributed by atoms with Gasteiger partial charge in [-0.1, -0.05) is 63.4 Å². The normalized spacial score (nSPS) is 32.1. The number of ether oxygens (including phenoxy) is 1. The summed E-state index contributed by atoms with van der Waals surface area (Å²) >= 11 is 0. The van der Waals surface area contributed by atoms with Crippen molar-refractivity contribution in [3.05, 3.63) is 23.3 Å². The van der Waals surface area contributed by atoms with E-state index in [9.17, 15) is 4.79 Å². The number of carbonyl (C=O) groups is 1. The van der Waals surface area contributed by atoms with E-state index in [0.717, 1.165) is 37.0 Å². The van der Waals surface area contributed by atoms with Crippen molar-refractivity contribution in [1.29, 1.82) is 0 Å². The molecule has 2 saturated heterocycles. The van der Waals surface area contributed by atoms with Gasteiger partial charge in [0.05, 0.1) is 6.04 Å². The summed E-state index contributed by atoms with van der Waals surface area (Å²) in [6.45, 7) is 3.37. The van der Waals surface area contributed by atoms with Gasteiger partial charge in [-0.15, -0.1) is 0 Å². The fourth-order valence-electron chi connectivity index (χ4n) is 5.32. The summed E-state index contributed by atoms with van der Waals surface area (Å²) in [5.74, 6) is 6.61. The molecule has 1 spiro atoms. The van der Waals surface area contributed by atoms with Gasteiger partial charge in [0, 0.05) is 36.1 Å². The van der Waals surface area contributed by atoms with E-state index < -0.39 is 5.60 Å². The zero-order chi connectivity index (χ0) is 18.0. The van der Waals surface area contributed by atoms with Crippen molar-refractivity contribution in [1.82, 2.24) is 4.90 Å². The Labute approximate surface area is 157 Å². The summed E-state index contributed by atoms with van der Waals surface area (Å²) in [5, 5.41) is 0. The monoisotopic (exact) mass is 353 g/mol. The van der Waals surface area contributed by atoms with Crippen molar-refractivity contribution in [2.45, 2.75) is 95.2 Å². The molecule has 1 aliphatic carbocycles. The van der Waals surface area contributed by atoms with Crippen LogP contribution in [0.5, 0.6) is 0 Å². The van der Waals surface area contributed by atoms with Crippen molar-refractivity contribution in [3.63, 3.8) is 0 Å². The van der Waals surface area contributed by atoms with Crippen molar-refractivity contribution in [2.75, 3.05) is 6.54 Å². The molecule has 4 rings (SSSR count). The Morgan fingerprint density at radius 1 is 1.23 bits per heavy atom. The molecule has 0 saturated carbocycles. The zero-order valence-electron chi connectivity index (χ0n) is 16.1. The van der Waals surface area contributed by atoms with E-state index >= 15 is 0 Å². The molecule has 3 nitrogen and oxygen atoms in total. The van der Waals surface area contributed by atoms with Crippen LogP contribution in [0.4, 0.5) is 0 Å². The molecular formula is C23H31NO2. The number of carbonyl (C=O) groups excluding carboxylic acids is 1. The first-order chi connectivity index (χ1) is 12.7. The molecule has 4 aliphatic rings. The van der Waals surface area contributed by atoms with Crippen molar-refractivity contribution < 1.29 is 9.53 Å². The fourth-order valence-corrected chi connectivity index (χ4v) is 5.32. The number of hydrogen-bond acceptors (Lipinski definition) is 3. The number of esters is 1. The van der Waals surface area contributed by atoms with Crippen molar-refractivity contribution in [3.8, 4) is 11.8 Å². The summed E-state index contributed by atoms with van der Waals surface area (Å²) in [7, 11) is 0. The van der Waals surface area contributed by atoms with Crippen LogP contribution in [0, 0.1) is 11.8 Å². The second-order valence-corrected chi connectivity index (χ2v) is 8.29. The number of unbranched alkanes of at least 4 members (excludes halogenated alkanes) is 6. The lowest BCUT2D eigenvalue weighted by molar-refractivity contribution is -0.148. The summed E-state index contributed by atoms with van der Waals surface area (Å²) in [6.07, 6.45) is 17.3. The van der Waals surface area contributed by atoms with E-state index in [4.69, 9.17) is 4.74 Å². The topological polar surface area (TPSA) is 29.5 Å². The van der Waals surface area contributed by atoms with Gasteiger partial charge in [-0.25, -0.2) is 4.79 Å². The first-order valence-electron chi connectivity index (χ1n) is 10.7. The predicted molar refractivity (Wildman–Crippen MR) is 104 cm³/mol. The van der Waals surface area contributed by atoms with Crippen LogP contribution in [0.25, 0.3) is 0 Å². The Morgan fingerprint density at radius 2 is 2.08 bits per heavy atom. The average molecular weight is 354 g/mol. The first-order valence-corrected chi connectivity index (χ1v) is 10.7. The largest absolute Gasteiger partial charge is 0.449 e. The molecule has 0 N–H and O–H groups in total. The molecule has 0 amide bonds. The molecule has 0 aromatic carbocycles. The van der Waals surface area contributed by atoms with Gasteiger partial charge < -0.3 is 4.74 Å². The highest BCUT2D eigenvalue weighted by Crippen LogP contribution is 2.53. The third kappa shape index (κ3) is 3.14. The van der Waals surface area contributed by atoms with E-state index in [1.54, 1.807) is 6.08 Å². The van der Waals surface area contributed by atoms with E-state index in [1.807, 2.05) is 0 Å². The minimum absolute atomic E-state index is 0.170. The maximum atomic E-state index is 12.1. The molecule has 3 atom stereocenters. The molecule has 0 aromatic heterocycles. The van der Waals surface area contributed by atoms with Crippen molar-refractivity contribution >= 4 is 5.97 Å². The van der Waals surface area contributed by atoms with Crippen LogP contribution in [0.3, 0.4) is 0 Å². The van der Waals surface area contributed by atoms with Gasteiger partial charge in [-0.05, 0) is 25.8 Å². The number of fused-ring (bicyclic) bond motifs is 3. The molecule has 3 heteroatoms. The molecule has 0 aromatic rings. The van der Waals surface area contributed by atoms with Crippen LogP contribution < -0.4 is 0 Å². The van der Waals surface area contributed by atoms with Crippen LogP contribution in [-0.2, 0) is 9.53 Å². The average Bonchev–Trinajstić information content (AvgIpc) is 3.13. The highest BCUT2D eigenvalue weighted by atomic mass is 16.6. The summed E-state index contributed by atoms with van der Waals surface area (Å²) in [5.41, 5.74) is 1.73. The Bertz CT molecular complexity index is 680. The van der Waals surface area contributed by atoms with Gasteiger partial charge in [0.25, 0.3) is 0 Å². The Morgan fingerprint density at radius 3 is 2.96 bits per heavy atom. The number of hydrogen-bond donors (Lipinski definition) is 0. The summed E-state index contributed by atoms with van der Waals surface area (Å²) in [6, 6.07) is 0.745. The SMILES string of the molecule is CCCCCCCCC#CC1=C[C@@H]2C[C@@]3(OC(=O)C=C13)[C@H]1CCCCN21. The Hall–Kier alpha value is -1.53. The Kier molecular flexibility index (Phi) is 5.23. The number of nitrogens with zero attached hydrogens (tertiary/aromatic N) is 1. The molecule has 0 unspecified atom stereocenters. The standard InChI is InChI=1S/C23H31NO2/c1-2-3-4-5-6-7-8-9-12-18-15-19-17-23(20(18)16-22(25)26-23)21-13-10-11-14-24(19)21/h15-16,19,21H,2-8,10-11,13-14,17H2,1H3/t19-,21-,23+/m1/s1. The van der Waals surface area contributed by atoms with Crippen LogP contribution >= 0.6 is 0 Å². The molecule has 140 valence electrons. The number of rotatable bonds is 6. The third-order valence-corrected chi connectivity index (χ3v) is 6.55. The molecule has 2 bridgehead atoms. The van der Waals surface area contributed by atoms with E-state index in [1.165, 1.54) is 51.4 Å². The lowest BCUT2D eigenvalue weighted by Crippen LogP contribution is -2.48. The smallest absolute Gasteiger partial charge is 0.332 e. The van der Waals surface area contributed by atoms with E-state index in [-0.39, 0.29) is 5.97 Å². The van der Waals surface area contributed by atoms with Gasteiger partial charge in [0.15, 0.2) is 5.60 Å². The van der Waals surface area contributed by atoms with Gasteiger partial charge in [0.2, 0.25) is 0 Å². The van der Waals surface area contributed by atoms with Gasteiger partial charge >= 0.3 is 5.97 Å². The first kappa shape index (κ1) is 17.9. The van der Waals surface area contributed by atoms with Gasteiger partial charge in [0.1, 0.15) is 0 Å². The van der Waals surface area contributed by atoms with E-state index in [2.05, 4.69) is 29.7 Å². The molecule has 3 heterocycles. The summed E-state index contributed by atoms with van der Waals surface area (Å²) in [4.78, 5) is 14.7. The Balaban J connectivity index is 1.44. The number of piperidine rings is 1. The minimum Gasteiger partial charge on any atom is -0.449 e. The second-order valence-electron chi connectivity index (χ2n) is 8.29. The lowest BCUT2D eigenvalue weighted by atomic mass is 9.77. The minimum atomic E-state index is -0.402.